The summed E-state index contributed by atoms with van der Waals surface area (Å²) in [6, 6.07) is 14.8. The average molecular weight is 359 g/mol. The van der Waals surface area contributed by atoms with Gasteiger partial charge in [-0.05, 0) is 55.8 Å². The first-order chi connectivity index (χ1) is 12.2. The van der Waals surface area contributed by atoms with Crippen LogP contribution in [-0.2, 0) is 6.61 Å². The molecule has 0 atom stereocenters. The number of para-hydroxylation sites is 1. The molecule has 0 spiro atoms. The van der Waals surface area contributed by atoms with E-state index in [-0.39, 0.29) is 5.91 Å². The molecule has 0 radical (unpaired) electrons. The summed E-state index contributed by atoms with van der Waals surface area (Å²) in [6.45, 7) is 4.23. The Morgan fingerprint density at radius 2 is 1.80 bits per heavy atom. The SMILES string of the molecule is O=C(NCCN1CCCC1)c1ccccc1OCc1ccc(Cl)cc1. The summed E-state index contributed by atoms with van der Waals surface area (Å²) in [5.41, 5.74) is 1.58. The van der Waals surface area contributed by atoms with Crippen LogP contribution >= 0.6 is 11.6 Å². The molecular formula is C20H23ClN2O2. The predicted molar refractivity (Wildman–Crippen MR) is 100 cm³/mol. The summed E-state index contributed by atoms with van der Waals surface area (Å²) in [7, 11) is 0. The Hall–Kier alpha value is -2.04. The Morgan fingerprint density at radius 1 is 1.08 bits per heavy atom. The molecule has 132 valence electrons. The maximum absolute atomic E-state index is 12.5. The molecule has 3 rings (SSSR count). The molecular weight excluding hydrogens is 336 g/mol. The van der Waals surface area contributed by atoms with Crippen LogP contribution in [-0.4, -0.2) is 37.0 Å². The highest BCUT2D eigenvalue weighted by Crippen LogP contribution is 2.20. The van der Waals surface area contributed by atoms with Crippen molar-refractivity contribution in [1.29, 1.82) is 0 Å². The minimum Gasteiger partial charge on any atom is -0.488 e. The van der Waals surface area contributed by atoms with Gasteiger partial charge in [-0.2, -0.15) is 0 Å². The number of carbonyl (C=O) groups is 1. The predicted octanol–water partition coefficient (Wildman–Crippen LogP) is 3.74. The van der Waals surface area contributed by atoms with E-state index in [2.05, 4.69) is 10.2 Å². The van der Waals surface area contributed by atoms with Gasteiger partial charge in [0, 0.05) is 18.1 Å². The second kappa shape index (κ2) is 8.88. The summed E-state index contributed by atoms with van der Waals surface area (Å²) in [5.74, 6) is 0.502. The molecule has 1 saturated heterocycles. The Balaban J connectivity index is 1.55. The van der Waals surface area contributed by atoms with Gasteiger partial charge in [0.2, 0.25) is 0 Å². The third-order valence-corrected chi connectivity index (χ3v) is 4.60. The van der Waals surface area contributed by atoms with E-state index < -0.39 is 0 Å². The van der Waals surface area contributed by atoms with Gasteiger partial charge in [-0.15, -0.1) is 0 Å². The zero-order valence-electron chi connectivity index (χ0n) is 14.2. The lowest BCUT2D eigenvalue weighted by atomic mass is 10.2. The minimum absolute atomic E-state index is 0.0918. The maximum atomic E-state index is 12.5. The summed E-state index contributed by atoms with van der Waals surface area (Å²) in [5, 5.41) is 3.69. The van der Waals surface area contributed by atoms with Crippen LogP contribution in [0.25, 0.3) is 0 Å². The van der Waals surface area contributed by atoms with Gasteiger partial charge in [-0.3, -0.25) is 4.79 Å². The zero-order valence-corrected chi connectivity index (χ0v) is 15.0. The lowest BCUT2D eigenvalue weighted by Crippen LogP contribution is -2.33. The second-order valence-electron chi connectivity index (χ2n) is 6.22. The first-order valence-corrected chi connectivity index (χ1v) is 9.07. The van der Waals surface area contributed by atoms with Gasteiger partial charge in [0.1, 0.15) is 12.4 Å². The quantitative estimate of drug-likeness (QED) is 0.819. The molecule has 0 unspecified atom stereocenters. The van der Waals surface area contributed by atoms with Crippen molar-refractivity contribution in [3.8, 4) is 5.75 Å². The fourth-order valence-electron chi connectivity index (χ4n) is 2.95. The van der Waals surface area contributed by atoms with E-state index >= 15 is 0 Å². The van der Waals surface area contributed by atoms with Crippen molar-refractivity contribution < 1.29 is 9.53 Å². The maximum Gasteiger partial charge on any atom is 0.255 e. The first-order valence-electron chi connectivity index (χ1n) is 8.69. The topological polar surface area (TPSA) is 41.6 Å². The number of amides is 1. The van der Waals surface area contributed by atoms with Gasteiger partial charge in [-0.1, -0.05) is 35.9 Å². The third kappa shape index (κ3) is 5.21. The minimum atomic E-state index is -0.0918. The van der Waals surface area contributed by atoms with E-state index in [4.69, 9.17) is 16.3 Å². The molecule has 25 heavy (non-hydrogen) atoms. The number of likely N-dealkylation sites (tertiary alicyclic amines) is 1. The van der Waals surface area contributed by atoms with Crippen LogP contribution in [0.15, 0.2) is 48.5 Å². The second-order valence-corrected chi connectivity index (χ2v) is 6.65. The number of benzene rings is 2. The highest BCUT2D eigenvalue weighted by atomic mass is 35.5. The van der Waals surface area contributed by atoms with Gasteiger partial charge in [-0.25, -0.2) is 0 Å². The fraction of sp³-hybridized carbons (Fsp3) is 0.350. The number of hydrogen-bond acceptors (Lipinski definition) is 3. The Labute approximate surface area is 153 Å². The van der Waals surface area contributed by atoms with Crippen molar-refractivity contribution in [1.82, 2.24) is 10.2 Å². The van der Waals surface area contributed by atoms with Crippen molar-refractivity contribution in [2.75, 3.05) is 26.2 Å². The summed E-state index contributed by atoms with van der Waals surface area (Å²) in [4.78, 5) is 14.8. The molecule has 0 saturated carbocycles. The number of nitrogens with one attached hydrogen (secondary N) is 1. The molecule has 4 nitrogen and oxygen atoms in total. The lowest BCUT2D eigenvalue weighted by molar-refractivity contribution is 0.0945. The molecule has 1 fully saturated rings. The van der Waals surface area contributed by atoms with Crippen LogP contribution in [0.3, 0.4) is 0 Å². The molecule has 5 heteroatoms. The van der Waals surface area contributed by atoms with Crippen LogP contribution in [0.2, 0.25) is 5.02 Å². The standard InChI is InChI=1S/C20H23ClN2O2/c21-17-9-7-16(8-10-17)15-25-19-6-2-1-5-18(19)20(24)22-11-14-23-12-3-4-13-23/h1-2,5-10H,3-4,11-15H2,(H,22,24). The molecule has 2 aromatic rings. The summed E-state index contributed by atoms with van der Waals surface area (Å²) in [6.07, 6.45) is 2.52. The normalized spacial score (nSPS) is 14.4. The number of carbonyl (C=O) groups excluding carboxylic acids is 1. The number of ether oxygens (including phenoxy) is 1. The number of halogens is 1. The summed E-state index contributed by atoms with van der Waals surface area (Å²) < 4.78 is 5.85. The first kappa shape index (κ1) is 17.8. The molecule has 0 aliphatic carbocycles. The number of hydrogen-bond donors (Lipinski definition) is 1. The Kier molecular flexibility index (Phi) is 6.31. The highest BCUT2D eigenvalue weighted by Gasteiger charge is 2.14. The zero-order chi connectivity index (χ0) is 17.5. The fourth-order valence-corrected chi connectivity index (χ4v) is 3.08. The van der Waals surface area contributed by atoms with E-state index in [1.165, 1.54) is 12.8 Å². The van der Waals surface area contributed by atoms with E-state index in [9.17, 15) is 4.79 Å². The van der Waals surface area contributed by atoms with E-state index in [0.29, 0.717) is 29.5 Å². The van der Waals surface area contributed by atoms with Crippen molar-refractivity contribution in [3.63, 3.8) is 0 Å². The third-order valence-electron chi connectivity index (χ3n) is 4.35. The van der Waals surface area contributed by atoms with Gasteiger partial charge in [0.25, 0.3) is 5.91 Å². The Bertz CT molecular complexity index is 697. The molecule has 2 aromatic carbocycles. The van der Waals surface area contributed by atoms with Crippen molar-refractivity contribution in [2.24, 2.45) is 0 Å². The van der Waals surface area contributed by atoms with Crippen LogP contribution in [0.5, 0.6) is 5.75 Å². The van der Waals surface area contributed by atoms with Crippen molar-refractivity contribution in [2.45, 2.75) is 19.4 Å². The Morgan fingerprint density at radius 3 is 2.56 bits per heavy atom. The average Bonchev–Trinajstić information content (AvgIpc) is 3.15. The molecule has 1 aliphatic heterocycles. The van der Waals surface area contributed by atoms with Gasteiger partial charge in [0.15, 0.2) is 0 Å². The van der Waals surface area contributed by atoms with Gasteiger partial charge < -0.3 is 15.0 Å². The van der Waals surface area contributed by atoms with Crippen molar-refractivity contribution in [3.05, 3.63) is 64.7 Å². The molecule has 1 aliphatic rings. The van der Waals surface area contributed by atoms with Crippen LogP contribution in [0, 0.1) is 0 Å². The van der Waals surface area contributed by atoms with Crippen LogP contribution in [0.1, 0.15) is 28.8 Å². The van der Waals surface area contributed by atoms with E-state index in [1.54, 1.807) is 6.07 Å². The number of rotatable bonds is 7. The lowest BCUT2D eigenvalue weighted by Gasteiger charge is -2.15. The van der Waals surface area contributed by atoms with Gasteiger partial charge >= 0.3 is 0 Å². The summed E-state index contributed by atoms with van der Waals surface area (Å²) >= 11 is 5.89. The number of nitrogens with zero attached hydrogens (tertiary/aromatic N) is 1. The monoisotopic (exact) mass is 358 g/mol. The van der Waals surface area contributed by atoms with Crippen LogP contribution in [0.4, 0.5) is 0 Å². The molecule has 1 N–H and O–H groups in total. The van der Waals surface area contributed by atoms with Crippen LogP contribution < -0.4 is 10.1 Å². The van der Waals surface area contributed by atoms with E-state index in [1.807, 2.05) is 42.5 Å². The largest absolute Gasteiger partial charge is 0.488 e. The molecule has 0 aromatic heterocycles. The molecule has 1 heterocycles. The smallest absolute Gasteiger partial charge is 0.255 e. The molecule has 0 bridgehead atoms. The van der Waals surface area contributed by atoms with Crippen molar-refractivity contribution >= 4 is 17.5 Å². The highest BCUT2D eigenvalue weighted by molar-refractivity contribution is 6.30. The van der Waals surface area contributed by atoms with Gasteiger partial charge in [0.05, 0.1) is 5.56 Å². The van der Waals surface area contributed by atoms with E-state index in [0.717, 1.165) is 25.2 Å². The molecule has 1 amide bonds.